The molecule has 2 rings (SSSR count). The van der Waals surface area contributed by atoms with Crippen LogP contribution >= 0.6 is 0 Å². The van der Waals surface area contributed by atoms with Crippen LogP contribution in [0.4, 0.5) is 5.69 Å². The molecule has 1 aromatic carbocycles. The summed E-state index contributed by atoms with van der Waals surface area (Å²) >= 11 is 0. The molecule has 1 amide bonds. The molecule has 0 saturated heterocycles. The van der Waals surface area contributed by atoms with E-state index in [1.165, 1.54) is 0 Å². The highest BCUT2D eigenvalue weighted by Crippen LogP contribution is 2.38. The van der Waals surface area contributed by atoms with Gasteiger partial charge in [-0.25, -0.2) is 0 Å². The van der Waals surface area contributed by atoms with E-state index in [9.17, 15) is 4.79 Å². The number of rotatable bonds is 3. The summed E-state index contributed by atoms with van der Waals surface area (Å²) in [6, 6.07) is 5.81. The van der Waals surface area contributed by atoms with Gasteiger partial charge in [-0.2, -0.15) is 0 Å². The lowest BCUT2D eigenvalue weighted by Crippen LogP contribution is -2.52. The lowest BCUT2D eigenvalue weighted by molar-refractivity contribution is -0.132. The van der Waals surface area contributed by atoms with Gasteiger partial charge in [0.05, 0.1) is 5.69 Å². The Balaban J connectivity index is 2.43. The van der Waals surface area contributed by atoms with E-state index in [0.717, 1.165) is 17.0 Å². The summed E-state index contributed by atoms with van der Waals surface area (Å²) in [5.74, 6) is 0.664. The summed E-state index contributed by atoms with van der Waals surface area (Å²) in [7, 11) is 0. The Labute approximate surface area is 107 Å². The number of aryl methyl sites for hydroxylation is 1. The Kier molecular flexibility index (Phi) is 3.30. The number of ether oxygens (including phenoxy) is 1. The van der Waals surface area contributed by atoms with E-state index >= 15 is 0 Å². The minimum Gasteiger partial charge on any atom is -0.476 e. The monoisotopic (exact) mass is 249 g/mol. The molecule has 98 valence electrons. The highest BCUT2D eigenvalue weighted by Gasteiger charge is 2.40. The number of carbonyl (C=O) groups excluding carboxylic acids is 1. The quantitative estimate of drug-likeness (QED) is 0.889. The summed E-state index contributed by atoms with van der Waals surface area (Å²) in [6.45, 7) is 6.10. The van der Waals surface area contributed by atoms with Crippen molar-refractivity contribution in [3.63, 3.8) is 0 Å². The van der Waals surface area contributed by atoms with Gasteiger partial charge in [0, 0.05) is 13.2 Å². The summed E-state index contributed by atoms with van der Waals surface area (Å²) in [6.07, 6.45) is 0.565. The minimum absolute atomic E-state index is 0.0611. The molecular formula is C14H19NO3. The molecule has 1 heterocycles. The van der Waals surface area contributed by atoms with Crippen molar-refractivity contribution in [3.8, 4) is 5.75 Å². The van der Waals surface area contributed by atoms with Crippen LogP contribution < -0.4 is 9.64 Å². The first-order valence-corrected chi connectivity index (χ1v) is 6.18. The number of benzene rings is 1. The van der Waals surface area contributed by atoms with Crippen LogP contribution in [0.3, 0.4) is 0 Å². The van der Waals surface area contributed by atoms with Crippen LogP contribution in [0.2, 0.25) is 0 Å². The van der Waals surface area contributed by atoms with Gasteiger partial charge in [-0.1, -0.05) is 6.07 Å². The van der Waals surface area contributed by atoms with Crippen LogP contribution in [0.25, 0.3) is 0 Å². The van der Waals surface area contributed by atoms with Crippen molar-refractivity contribution in [2.75, 3.05) is 18.1 Å². The fourth-order valence-electron chi connectivity index (χ4n) is 2.13. The molecule has 0 atom stereocenters. The maximum absolute atomic E-state index is 12.3. The van der Waals surface area contributed by atoms with Gasteiger partial charge in [-0.15, -0.1) is 0 Å². The Morgan fingerprint density at radius 3 is 2.78 bits per heavy atom. The number of hydrogen-bond donors (Lipinski definition) is 1. The molecule has 0 aromatic heterocycles. The number of hydrogen-bond acceptors (Lipinski definition) is 3. The maximum atomic E-state index is 12.3. The normalized spacial score (nSPS) is 17.3. The van der Waals surface area contributed by atoms with Crippen molar-refractivity contribution in [1.29, 1.82) is 0 Å². The van der Waals surface area contributed by atoms with Crippen LogP contribution in [0.15, 0.2) is 18.2 Å². The van der Waals surface area contributed by atoms with E-state index in [-0.39, 0.29) is 12.5 Å². The van der Waals surface area contributed by atoms with Crippen molar-refractivity contribution in [3.05, 3.63) is 23.8 Å². The zero-order valence-electron chi connectivity index (χ0n) is 11.1. The second-order valence-electron chi connectivity index (χ2n) is 5.12. The number of aliphatic hydroxyl groups is 1. The van der Waals surface area contributed by atoms with Crippen molar-refractivity contribution in [2.24, 2.45) is 0 Å². The molecular weight excluding hydrogens is 230 g/mol. The summed E-state index contributed by atoms with van der Waals surface area (Å²) in [4.78, 5) is 14.1. The summed E-state index contributed by atoms with van der Waals surface area (Å²) in [5, 5.41) is 8.95. The van der Waals surface area contributed by atoms with Gasteiger partial charge in [-0.3, -0.25) is 4.79 Å². The molecule has 0 bridgehead atoms. The van der Waals surface area contributed by atoms with Gasteiger partial charge in [0.1, 0.15) is 5.75 Å². The molecule has 4 nitrogen and oxygen atoms in total. The third-order valence-electron chi connectivity index (χ3n) is 3.07. The Morgan fingerprint density at radius 2 is 2.11 bits per heavy atom. The van der Waals surface area contributed by atoms with E-state index in [1.807, 2.05) is 25.1 Å². The fourth-order valence-corrected chi connectivity index (χ4v) is 2.13. The van der Waals surface area contributed by atoms with Crippen molar-refractivity contribution in [1.82, 2.24) is 0 Å². The zero-order valence-corrected chi connectivity index (χ0v) is 11.1. The van der Waals surface area contributed by atoms with Crippen LogP contribution in [0.1, 0.15) is 25.8 Å². The highest BCUT2D eigenvalue weighted by molar-refractivity contribution is 6.02. The maximum Gasteiger partial charge on any atom is 0.270 e. The van der Waals surface area contributed by atoms with Crippen molar-refractivity contribution >= 4 is 11.6 Å². The molecule has 1 N–H and O–H groups in total. The van der Waals surface area contributed by atoms with Gasteiger partial charge in [0.2, 0.25) is 0 Å². The number of fused-ring (bicyclic) bond motifs is 1. The number of anilines is 1. The fraction of sp³-hybridized carbons (Fsp3) is 0.500. The molecule has 1 aromatic rings. The van der Waals surface area contributed by atoms with Crippen LogP contribution in [0.5, 0.6) is 5.75 Å². The lowest BCUT2D eigenvalue weighted by atomic mass is 10.0. The molecule has 0 fully saturated rings. The summed E-state index contributed by atoms with van der Waals surface area (Å²) < 4.78 is 5.74. The van der Waals surface area contributed by atoms with E-state index in [2.05, 4.69) is 0 Å². The topological polar surface area (TPSA) is 49.8 Å². The van der Waals surface area contributed by atoms with E-state index in [0.29, 0.717) is 13.0 Å². The van der Waals surface area contributed by atoms with Gasteiger partial charge in [-0.05, 0) is 44.9 Å². The molecule has 0 spiro atoms. The van der Waals surface area contributed by atoms with Crippen molar-refractivity contribution < 1.29 is 14.6 Å². The number of carbonyl (C=O) groups is 1. The zero-order chi connectivity index (χ0) is 13.3. The molecule has 0 saturated carbocycles. The first kappa shape index (κ1) is 12.9. The number of nitrogens with zero attached hydrogens (tertiary/aromatic N) is 1. The molecule has 1 aliphatic heterocycles. The van der Waals surface area contributed by atoms with E-state index in [1.54, 1.807) is 18.7 Å². The molecule has 0 aliphatic carbocycles. The van der Waals surface area contributed by atoms with Crippen molar-refractivity contribution in [2.45, 2.75) is 32.8 Å². The Hall–Kier alpha value is -1.55. The minimum atomic E-state index is -0.849. The van der Waals surface area contributed by atoms with E-state index in [4.69, 9.17) is 9.84 Å². The summed E-state index contributed by atoms with van der Waals surface area (Å²) in [5.41, 5.74) is 1.03. The van der Waals surface area contributed by atoms with Gasteiger partial charge in [0.15, 0.2) is 5.60 Å². The average molecular weight is 249 g/mol. The van der Waals surface area contributed by atoms with E-state index < -0.39 is 5.60 Å². The smallest absolute Gasteiger partial charge is 0.270 e. The highest BCUT2D eigenvalue weighted by atomic mass is 16.5. The standard InChI is InChI=1S/C14H19NO3/c1-10-5-6-12-11(9-10)15(7-4-8-16)13(17)14(2,3)18-12/h5-6,9,16H,4,7-8H2,1-3H3. The van der Waals surface area contributed by atoms with Crippen LogP contribution in [0, 0.1) is 6.92 Å². The Bertz CT molecular complexity index is 468. The van der Waals surface area contributed by atoms with Gasteiger partial charge >= 0.3 is 0 Å². The van der Waals surface area contributed by atoms with Gasteiger partial charge < -0.3 is 14.7 Å². The molecule has 18 heavy (non-hydrogen) atoms. The second kappa shape index (κ2) is 4.61. The second-order valence-corrected chi connectivity index (χ2v) is 5.12. The number of amides is 1. The lowest BCUT2D eigenvalue weighted by Gasteiger charge is -2.39. The molecule has 0 radical (unpaired) electrons. The third-order valence-corrected chi connectivity index (χ3v) is 3.07. The predicted octanol–water partition coefficient (Wildman–Crippen LogP) is 1.88. The molecule has 1 aliphatic rings. The first-order valence-electron chi connectivity index (χ1n) is 6.18. The predicted molar refractivity (Wildman–Crippen MR) is 69.9 cm³/mol. The van der Waals surface area contributed by atoms with Crippen LogP contribution in [-0.4, -0.2) is 29.8 Å². The first-order chi connectivity index (χ1) is 8.45. The van der Waals surface area contributed by atoms with Crippen LogP contribution in [-0.2, 0) is 4.79 Å². The Morgan fingerprint density at radius 1 is 1.39 bits per heavy atom. The number of aliphatic hydroxyl groups excluding tert-OH is 1. The largest absolute Gasteiger partial charge is 0.476 e. The SMILES string of the molecule is Cc1ccc2c(c1)N(CCCO)C(=O)C(C)(C)O2. The average Bonchev–Trinajstić information content (AvgIpc) is 2.31. The van der Waals surface area contributed by atoms with Gasteiger partial charge in [0.25, 0.3) is 5.91 Å². The molecule has 4 heteroatoms. The third kappa shape index (κ3) is 2.20. The molecule has 0 unspecified atom stereocenters.